The van der Waals surface area contributed by atoms with E-state index in [1.807, 2.05) is 200 Å². The molecule has 2 heterocycles. The Morgan fingerprint density at radius 3 is 1.09 bits per heavy atom. The van der Waals surface area contributed by atoms with Crippen molar-refractivity contribution in [3.8, 4) is 22.5 Å². The summed E-state index contributed by atoms with van der Waals surface area (Å²) in [5, 5.41) is 15.6. The zero-order chi connectivity index (χ0) is 70.3. The zero-order valence-electron chi connectivity index (χ0n) is 58.6. The van der Waals surface area contributed by atoms with Crippen molar-refractivity contribution >= 4 is 66.1 Å². The van der Waals surface area contributed by atoms with Crippen molar-refractivity contribution in [2.45, 2.75) is 27.7 Å². The second-order valence-electron chi connectivity index (χ2n) is 23.7. The van der Waals surface area contributed by atoms with Crippen molar-refractivity contribution in [2.24, 2.45) is 0 Å². The van der Waals surface area contributed by atoms with Gasteiger partial charge in [0.15, 0.2) is 0 Å². The average Bonchev–Trinajstić information content (AvgIpc) is 0.787. The number of pyridine rings is 2. The van der Waals surface area contributed by atoms with Crippen LogP contribution in [0.2, 0.25) is 0 Å². The topological polar surface area (TPSA) is 51.9 Å². The summed E-state index contributed by atoms with van der Waals surface area (Å²) in [5.74, 6) is 0. The van der Waals surface area contributed by atoms with Gasteiger partial charge in [0.1, 0.15) is 0 Å². The van der Waals surface area contributed by atoms with Crippen molar-refractivity contribution < 1.29 is 52.4 Å². The minimum atomic E-state index is 0. The monoisotopic (exact) mass is 1470 g/mol. The molecule has 0 unspecified atom stereocenters. The summed E-state index contributed by atoms with van der Waals surface area (Å²) in [6, 6.07) is 123. The molecule has 0 saturated heterocycles. The molecule has 102 heavy (non-hydrogen) atoms. The molecule has 0 atom stereocenters. The summed E-state index contributed by atoms with van der Waals surface area (Å²) in [7, 11) is 0. The third-order valence-corrected chi connectivity index (χ3v) is 15.9. The van der Waals surface area contributed by atoms with Crippen LogP contribution in [0.1, 0.15) is 55.6 Å². The fourth-order valence-corrected chi connectivity index (χ4v) is 10.7. The molecule has 6 heteroatoms. The summed E-state index contributed by atoms with van der Waals surface area (Å²) >= 11 is 0. The van der Waals surface area contributed by atoms with Gasteiger partial charge in [0, 0.05) is 22.2 Å². The van der Waals surface area contributed by atoms with E-state index in [1.54, 1.807) is 0 Å². The van der Waals surface area contributed by atoms with Gasteiger partial charge in [0.05, 0.1) is 16.9 Å². The molecule has 16 rings (SSSR count). The number of nitrogens with one attached hydrogen (secondary N) is 1. The molecule has 14 aromatic carbocycles. The maximum atomic E-state index is 5.09. The molecule has 0 amide bonds. The summed E-state index contributed by atoms with van der Waals surface area (Å²) in [4.78, 5) is 10.1. The normalized spacial score (nSPS) is 9.84. The van der Waals surface area contributed by atoms with E-state index in [2.05, 4.69) is 238 Å². The van der Waals surface area contributed by atoms with Crippen molar-refractivity contribution in [1.82, 2.24) is 9.97 Å². The molecular weight excluding hydrogens is 1390 g/mol. The average molecular weight is 1480 g/mol. The van der Waals surface area contributed by atoms with Gasteiger partial charge in [-0.05, 0) is 72.8 Å². The first-order valence-electron chi connectivity index (χ1n) is 33.3. The number of anilines is 2. The van der Waals surface area contributed by atoms with Crippen LogP contribution < -0.4 is 5.32 Å². The summed E-state index contributed by atoms with van der Waals surface area (Å²) in [5.41, 5.74) is 21.3. The largest absolute Gasteiger partial charge is 4.00 e. The molecule has 1 N–H and O–H groups in total. The van der Waals surface area contributed by atoms with E-state index in [1.165, 1.54) is 38.4 Å². The van der Waals surface area contributed by atoms with Gasteiger partial charge in [-0.1, -0.05) is 205 Å². The molecule has 0 fully saturated rings. The van der Waals surface area contributed by atoms with Crippen LogP contribution in [0.5, 0.6) is 0 Å². The summed E-state index contributed by atoms with van der Waals surface area (Å²) in [6.45, 7) is 30.8. The minimum Gasteiger partial charge on any atom is -0.656 e. The molecule has 0 saturated carbocycles. The Bertz CT molecular complexity index is 4560. The number of aryl methyl sites for hydroxylation is 4. The molecule has 0 aliphatic rings. The van der Waals surface area contributed by atoms with Crippen LogP contribution in [0.3, 0.4) is 0 Å². The van der Waals surface area contributed by atoms with Gasteiger partial charge in [0.2, 0.25) is 0 Å². The maximum Gasteiger partial charge on any atom is 4.00 e. The molecular formula is C96H84N4Zr2. The van der Waals surface area contributed by atoms with E-state index in [0.29, 0.717) is 0 Å². The number of benzene rings is 14. The Morgan fingerprint density at radius 2 is 0.637 bits per heavy atom. The molecule has 16 aromatic rings. The van der Waals surface area contributed by atoms with Gasteiger partial charge in [-0.25, -0.2) is 4.98 Å². The van der Waals surface area contributed by atoms with Gasteiger partial charge < -0.3 is 10.6 Å². The standard InChI is InChI=1S/C27H22N2.C27H20N2.6C7H7.2Zr/c2*1-18-8-5-9-19(2)26(18)29-25-15-7-12-21-16-17-24(28-27(21)25)23-14-6-11-20-10-3-4-13-22(20)23;6*1-7-5-3-2-4-6-7;;/h3-17,29H,1-2H3;3-13,15-17H,1-2H3;6*2-6H,1H2;;/q;-2;6*-1;2*+4. The van der Waals surface area contributed by atoms with Crippen LogP contribution in [-0.2, 0) is 52.4 Å². The van der Waals surface area contributed by atoms with Crippen LogP contribution in [0.15, 0.2) is 358 Å². The van der Waals surface area contributed by atoms with Gasteiger partial charge in [-0.3, -0.25) is 4.98 Å². The van der Waals surface area contributed by atoms with Gasteiger partial charge in [0.25, 0.3) is 0 Å². The Morgan fingerprint density at radius 1 is 0.294 bits per heavy atom. The first-order valence-corrected chi connectivity index (χ1v) is 33.3. The van der Waals surface area contributed by atoms with E-state index < -0.39 is 0 Å². The Hall–Kier alpha value is -11.0. The van der Waals surface area contributed by atoms with E-state index in [4.69, 9.17) is 15.3 Å². The van der Waals surface area contributed by atoms with E-state index in [-0.39, 0.29) is 52.4 Å². The van der Waals surface area contributed by atoms with Crippen molar-refractivity contribution in [2.75, 3.05) is 5.32 Å². The number of fused-ring (bicyclic) bond motifs is 4. The van der Waals surface area contributed by atoms with Gasteiger partial charge in [-0.15, -0.1) is 113 Å². The number of hydrogen-bond acceptors (Lipinski definition) is 3. The molecule has 2 aromatic heterocycles. The number of rotatable bonds is 6. The van der Waals surface area contributed by atoms with Crippen molar-refractivity contribution in [1.29, 1.82) is 0 Å². The number of nitrogens with zero attached hydrogens (tertiary/aromatic N) is 3. The number of aromatic nitrogens is 2. The summed E-state index contributed by atoms with van der Waals surface area (Å²) in [6.07, 6.45) is 0. The molecule has 0 aliphatic carbocycles. The fourth-order valence-electron chi connectivity index (χ4n) is 10.7. The number of hydrogen-bond donors (Lipinski definition) is 1. The Labute approximate surface area is 645 Å². The first-order chi connectivity index (χ1) is 48.8. The molecule has 0 radical (unpaired) electrons. The molecule has 0 bridgehead atoms. The van der Waals surface area contributed by atoms with Crippen molar-refractivity contribution in [3.05, 3.63) is 466 Å². The molecule has 0 spiro atoms. The van der Waals surface area contributed by atoms with Crippen molar-refractivity contribution in [3.63, 3.8) is 0 Å². The molecule has 496 valence electrons. The van der Waals surface area contributed by atoms with Crippen LogP contribution in [0.4, 0.5) is 22.7 Å². The van der Waals surface area contributed by atoms with Gasteiger partial charge >= 0.3 is 52.4 Å². The smallest absolute Gasteiger partial charge is 0.656 e. The van der Waals surface area contributed by atoms with Gasteiger partial charge in [-0.2, -0.15) is 148 Å². The van der Waals surface area contributed by atoms with Crippen LogP contribution in [-0.4, -0.2) is 9.97 Å². The number of para-hydroxylation sites is 4. The van der Waals surface area contributed by atoms with Crippen LogP contribution >= 0.6 is 0 Å². The predicted molar refractivity (Wildman–Crippen MR) is 431 cm³/mol. The van der Waals surface area contributed by atoms with Crippen LogP contribution in [0, 0.1) is 75.3 Å². The van der Waals surface area contributed by atoms with E-state index in [9.17, 15) is 0 Å². The second-order valence-corrected chi connectivity index (χ2v) is 23.7. The Kier molecular flexibility index (Phi) is 31.9. The fraction of sp³-hybridized carbons (Fsp3) is 0.0417. The molecule has 4 nitrogen and oxygen atoms in total. The first kappa shape index (κ1) is 78.3. The summed E-state index contributed by atoms with van der Waals surface area (Å²) < 4.78 is 0. The Balaban J connectivity index is 0.000000182. The molecule has 0 aliphatic heterocycles. The minimum absolute atomic E-state index is 0. The third kappa shape index (κ3) is 24.1. The van der Waals surface area contributed by atoms with E-state index in [0.717, 1.165) is 106 Å². The second kappa shape index (κ2) is 41.5. The van der Waals surface area contributed by atoms with Crippen LogP contribution in [0.25, 0.3) is 71.2 Å². The van der Waals surface area contributed by atoms with E-state index >= 15 is 0 Å². The third-order valence-electron chi connectivity index (χ3n) is 15.9. The zero-order valence-corrected chi connectivity index (χ0v) is 63.6. The quantitative estimate of drug-likeness (QED) is 0.169. The SMILES string of the molecule is Cc1cccc(C)c1Nc1cccc2ccc(-c3cccc4ccccc34)nc12.Cc1cccc(C)c1[N-]c1cccc2ccc(-c3[c-]ccc4ccccc34)nc12.[CH2-]c1ccccc1.[CH2-]c1ccccc1.[CH2-]c1ccccc1.[CH2-]c1ccccc1.[CH2-]c1ccccc1.[CH2-]c1ccccc1.[Zr+4].[Zr+4]. The maximum absolute atomic E-state index is 5.09. The predicted octanol–water partition coefficient (Wildman–Crippen LogP) is 26.4.